The number of carbonyl (C=O) groups excluding carboxylic acids is 4. The van der Waals surface area contributed by atoms with Crippen LogP contribution in [0.15, 0.2) is 12.2 Å². The molecule has 10 heteroatoms. The maximum absolute atomic E-state index is 11.6. The second-order valence-electron chi connectivity index (χ2n) is 5.85. The summed E-state index contributed by atoms with van der Waals surface area (Å²) in [5.74, 6) is -0.813. The number of aldehydes is 1. The number of hydrogen-bond acceptors (Lipinski definition) is 8. The molecule has 0 fully saturated rings. The number of nitrogens with zero attached hydrogens (tertiary/aromatic N) is 2. The van der Waals surface area contributed by atoms with E-state index in [1.165, 1.54) is 17.1 Å². The number of imide groups is 1. The van der Waals surface area contributed by atoms with E-state index in [4.69, 9.17) is 18.9 Å². The Morgan fingerprint density at radius 1 is 0.964 bits per heavy atom. The molecule has 1 aliphatic heterocycles. The molecule has 0 radical (unpaired) electrons. The summed E-state index contributed by atoms with van der Waals surface area (Å²) in [5, 5.41) is 0. The van der Waals surface area contributed by atoms with Crippen molar-refractivity contribution in [2.24, 2.45) is 0 Å². The second-order valence-corrected chi connectivity index (χ2v) is 5.85. The van der Waals surface area contributed by atoms with Gasteiger partial charge in [0.25, 0.3) is 11.8 Å². The maximum Gasteiger partial charge on any atom is 0.253 e. The summed E-state index contributed by atoms with van der Waals surface area (Å²) >= 11 is 0. The quantitative estimate of drug-likeness (QED) is 0.174. The number of carbonyl (C=O) groups is 4. The van der Waals surface area contributed by atoms with Crippen molar-refractivity contribution in [3.63, 3.8) is 0 Å². The van der Waals surface area contributed by atoms with E-state index in [-0.39, 0.29) is 44.1 Å². The standard InChI is InChI=1S/C18H28N2O8/c1-19(18(24)15-28-10-7-21)5-2-8-25-11-13-27-14-12-26-9-6-20-16(22)3-4-17(20)23/h3-4,7H,2,5-6,8-15H2,1H3. The van der Waals surface area contributed by atoms with Gasteiger partial charge in [0.05, 0.1) is 39.6 Å². The molecule has 0 spiro atoms. The van der Waals surface area contributed by atoms with Crippen molar-refractivity contribution in [1.29, 1.82) is 0 Å². The molecule has 0 saturated carbocycles. The van der Waals surface area contributed by atoms with Crippen molar-refractivity contribution in [2.45, 2.75) is 6.42 Å². The summed E-state index contributed by atoms with van der Waals surface area (Å²) in [6.07, 6.45) is 3.77. The molecule has 3 amide bonds. The first kappa shape index (κ1) is 23.9. The normalized spacial score (nSPS) is 13.4. The van der Waals surface area contributed by atoms with Gasteiger partial charge in [-0.25, -0.2) is 0 Å². The smallest absolute Gasteiger partial charge is 0.253 e. The Hall–Kier alpha value is -2.14. The van der Waals surface area contributed by atoms with Crippen LogP contribution in [-0.2, 0) is 38.1 Å². The van der Waals surface area contributed by atoms with E-state index in [9.17, 15) is 19.2 Å². The molecule has 0 aliphatic carbocycles. The Labute approximate surface area is 164 Å². The van der Waals surface area contributed by atoms with Gasteiger partial charge in [0.2, 0.25) is 5.91 Å². The molecular weight excluding hydrogens is 372 g/mol. The Bertz CT molecular complexity index is 520. The molecule has 0 unspecified atom stereocenters. The zero-order valence-electron chi connectivity index (χ0n) is 16.2. The number of amides is 3. The van der Waals surface area contributed by atoms with Crippen molar-refractivity contribution in [2.75, 3.05) is 73.0 Å². The Morgan fingerprint density at radius 3 is 2.14 bits per heavy atom. The van der Waals surface area contributed by atoms with Crippen LogP contribution < -0.4 is 0 Å². The topological polar surface area (TPSA) is 112 Å². The lowest BCUT2D eigenvalue weighted by Gasteiger charge is -2.16. The van der Waals surface area contributed by atoms with Gasteiger partial charge in [-0.1, -0.05) is 0 Å². The SMILES string of the molecule is CN(CCCOCCOCCOCCN1C(=O)C=CC1=O)C(=O)COCC=O. The van der Waals surface area contributed by atoms with E-state index >= 15 is 0 Å². The predicted molar refractivity (Wildman–Crippen MR) is 97.5 cm³/mol. The summed E-state index contributed by atoms with van der Waals surface area (Å²) in [6.45, 7) is 2.96. The lowest BCUT2D eigenvalue weighted by Crippen LogP contribution is -2.33. The van der Waals surface area contributed by atoms with Crippen molar-refractivity contribution >= 4 is 24.0 Å². The van der Waals surface area contributed by atoms with Crippen molar-refractivity contribution in [3.8, 4) is 0 Å². The van der Waals surface area contributed by atoms with Crippen LogP contribution >= 0.6 is 0 Å². The molecular formula is C18H28N2O8. The molecule has 158 valence electrons. The average molecular weight is 400 g/mol. The summed E-state index contributed by atoms with van der Waals surface area (Å²) < 4.78 is 20.9. The highest BCUT2D eigenvalue weighted by molar-refractivity contribution is 6.12. The van der Waals surface area contributed by atoms with E-state index in [2.05, 4.69) is 0 Å². The highest BCUT2D eigenvalue weighted by Gasteiger charge is 2.22. The van der Waals surface area contributed by atoms with Crippen LogP contribution in [0, 0.1) is 0 Å². The van der Waals surface area contributed by atoms with Gasteiger partial charge in [0.15, 0.2) is 0 Å². The summed E-state index contributed by atoms with van der Waals surface area (Å²) in [6, 6.07) is 0. The lowest BCUT2D eigenvalue weighted by molar-refractivity contribution is -0.138. The first-order valence-electron chi connectivity index (χ1n) is 9.08. The Balaban J connectivity index is 1.84. The predicted octanol–water partition coefficient (Wildman–Crippen LogP) is -0.975. The van der Waals surface area contributed by atoms with E-state index in [0.717, 1.165) is 4.90 Å². The zero-order valence-corrected chi connectivity index (χ0v) is 16.2. The third-order valence-electron chi connectivity index (χ3n) is 3.72. The molecule has 0 bridgehead atoms. The van der Waals surface area contributed by atoms with Crippen LogP contribution in [0.2, 0.25) is 0 Å². The van der Waals surface area contributed by atoms with E-state index < -0.39 is 0 Å². The van der Waals surface area contributed by atoms with Gasteiger partial charge < -0.3 is 28.6 Å². The summed E-state index contributed by atoms with van der Waals surface area (Å²) in [4.78, 5) is 47.0. The lowest BCUT2D eigenvalue weighted by atomic mass is 10.4. The van der Waals surface area contributed by atoms with Gasteiger partial charge in [-0.2, -0.15) is 0 Å². The van der Waals surface area contributed by atoms with Crippen LogP contribution in [-0.4, -0.2) is 107 Å². The van der Waals surface area contributed by atoms with Gasteiger partial charge in [0.1, 0.15) is 19.5 Å². The molecule has 28 heavy (non-hydrogen) atoms. The minimum Gasteiger partial charge on any atom is -0.379 e. The van der Waals surface area contributed by atoms with Gasteiger partial charge in [-0.05, 0) is 6.42 Å². The average Bonchev–Trinajstić information content (AvgIpc) is 3.00. The zero-order chi connectivity index (χ0) is 20.6. The van der Waals surface area contributed by atoms with Gasteiger partial charge in [0, 0.05) is 32.4 Å². The first-order chi connectivity index (χ1) is 13.6. The molecule has 0 aromatic heterocycles. The summed E-state index contributed by atoms with van der Waals surface area (Å²) in [5.41, 5.74) is 0. The molecule has 1 heterocycles. The fourth-order valence-electron chi connectivity index (χ4n) is 2.18. The first-order valence-corrected chi connectivity index (χ1v) is 9.08. The monoisotopic (exact) mass is 400 g/mol. The van der Waals surface area contributed by atoms with Crippen molar-refractivity contribution < 1.29 is 38.1 Å². The molecule has 0 N–H and O–H groups in total. The van der Waals surface area contributed by atoms with Crippen molar-refractivity contribution in [1.82, 2.24) is 9.80 Å². The van der Waals surface area contributed by atoms with Crippen LogP contribution in [0.4, 0.5) is 0 Å². The van der Waals surface area contributed by atoms with Gasteiger partial charge in [-0.3, -0.25) is 19.3 Å². The number of rotatable bonds is 17. The minimum atomic E-state index is -0.316. The molecule has 0 atom stereocenters. The fraction of sp³-hybridized carbons (Fsp3) is 0.667. The molecule has 10 nitrogen and oxygen atoms in total. The number of hydrogen-bond donors (Lipinski definition) is 0. The molecule has 0 saturated heterocycles. The largest absolute Gasteiger partial charge is 0.379 e. The minimum absolute atomic E-state index is 0.0804. The highest BCUT2D eigenvalue weighted by Crippen LogP contribution is 2.02. The third kappa shape index (κ3) is 10.3. The van der Waals surface area contributed by atoms with Gasteiger partial charge >= 0.3 is 0 Å². The number of likely N-dealkylation sites (N-methyl/N-ethyl adjacent to an activating group) is 1. The third-order valence-corrected chi connectivity index (χ3v) is 3.72. The Kier molecular flexibility index (Phi) is 12.7. The van der Waals surface area contributed by atoms with E-state index in [0.29, 0.717) is 52.3 Å². The fourth-order valence-corrected chi connectivity index (χ4v) is 2.18. The van der Waals surface area contributed by atoms with Gasteiger partial charge in [-0.15, -0.1) is 0 Å². The number of ether oxygens (including phenoxy) is 4. The van der Waals surface area contributed by atoms with Crippen LogP contribution in [0.1, 0.15) is 6.42 Å². The van der Waals surface area contributed by atoms with Crippen molar-refractivity contribution in [3.05, 3.63) is 12.2 Å². The van der Waals surface area contributed by atoms with Crippen LogP contribution in [0.3, 0.4) is 0 Å². The molecule has 0 aromatic rings. The second kappa shape index (κ2) is 14.9. The highest BCUT2D eigenvalue weighted by atomic mass is 16.5. The summed E-state index contributed by atoms with van der Waals surface area (Å²) in [7, 11) is 1.67. The van der Waals surface area contributed by atoms with E-state index in [1.807, 2.05) is 0 Å². The van der Waals surface area contributed by atoms with Crippen LogP contribution in [0.25, 0.3) is 0 Å². The molecule has 1 aliphatic rings. The molecule has 1 rings (SSSR count). The van der Waals surface area contributed by atoms with Crippen LogP contribution in [0.5, 0.6) is 0 Å². The molecule has 0 aromatic carbocycles. The Morgan fingerprint density at radius 2 is 1.54 bits per heavy atom. The maximum atomic E-state index is 11.6. The van der Waals surface area contributed by atoms with E-state index in [1.54, 1.807) is 7.05 Å².